The standard InChI is InChI=1S/C34H47NO5S/c1-4-5-19-35(3)41(38,39)21-8-6-7-20-40-27-13-9-24(10-14-27)30-23-34(2)31(17-18-32(34)37)29-15-11-25-22-26(36)12-16-28(25)33(29)30/h9-10,13-14,22,29-31H,4-8,11-12,15-21,23H2,1-3H3/t29?,30-,31?,34+/m1/s1. The summed E-state index contributed by atoms with van der Waals surface area (Å²) >= 11 is 0. The van der Waals surface area contributed by atoms with Crippen LogP contribution in [0.25, 0.3) is 0 Å². The number of rotatable bonds is 12. The molecule has 41 heavy (non-hydrogen) atoms. The van der Waals surface area contributed by atoms with E-state index in [0.29, 0.717) is 50.0 Å². The Morgan fingerprint density at radius 2 is 1.76 bits per heavy atom. The lowest BCUT2D eigenvalue weighted by Gasteiger charge is -2.50. The van der Waals surface area contributed by atoms with Crippen LogP contribution in [0.4, 0.5) is 0 Å². The zero-order valence-corrected chi connectivity index (χ0v) is 25.9. The molecule has 4 aliphatic carbocycles. The summed E-state index contributed by atoms with van der Waals surface area (Å²) in [4.78, 5) is 25.4. The molecule has 0 radical (unpaired) electrons. The largest absolute Gasteiger partial charge is 0.494 e. The molecule has 0 amide bonds. The van der Waals surface area contributed by atoms with E-state index >= 15 is 0 Å². The molecule has 2 unspecified atom stereocenters. The fourth-order valence-electron chi connectivity index (χ4n) is 7.96. The summed E-state index contributed by atoms with van der Waals surface area (Å²) in [6.07, 6.45) is 12.0. The van der Waals surface area contributed by atoms with Crippen molar-refractivity contribution in [3.63, 3.8) is 0 Å². The van der Waals surface area contributed by atoms with E-state index in [1.807, 2.05) is 18.2 Å². The Morgan fingerprint density at radius 3 is 2.51 bits per heavy atom. The van der Waals surface area contributed by atoms with Crippen LogP contribution in [0.3, 0.4) is 0 Å². The monoisotopic (exact) mass is 581 g/mol. The van der Waals surface area contributed by atoms with Crippen molar-refractivity contribution >= 4 is 21.6 Å². The van der Waals surface area contributed by atoms with Gasteiger partial charge in [0.15, 0.2) is 5.78 Å². The Balaban J connectivity index is 1.22. The first kappa shape index (κ1) is 30.2. The summed E-state index contributed by atoms with van der Waals surface area (Å²) in [5.74, 6) is 2.73. The number of benzene rings is 1. The lowest BCUT2D eigenvalue weighted by atomic mass is 9.53. The van der Waals surface area contributed by atoms with E-state index in [4.69, 9.17) is 4.74 Å². The SMILES string of the molecule is CCCCN(C)S(=O)(=O)CCCCCOc1ccc([C@H]2C[C@]3(C)C(=O)CCC3C3CCC4=CC(=O)CCC4=C32)cc1. The highest BCUT2D eigenvalue weighted by Gasteiger charge is 2.56. The number of unbranched alkanes of at least 4 members (excludes halogenated alkanes) is 3. The van der Waals surface area contributed by atoms with Gasteiger partial charge in [-0.1, -0.05) is 38.0 Å². The minimum Gasteiger partial charge on any atom is -0.494 e. The summed E-state index contributed by atoms with van der Waals surface area (Å²) in [6.45, 7) is 5.42. The quantitative estimate of drug-likeness (QED) is 0.255. The molecule has 0 spiro atoms. The number of carbonyl (C=O) groups excluding carboxylic acids is 2. The predicted octanol–water partition coefficient (Wildman–Crippen LogP) is 6.77. The Hall–Kier alpha value is -2.25. The third-order valence-corrected chi connectivity index (χ3v) is 12.3. The molecule has 1 aromatic carbocycles. The fraction of sp³-hybridized carbons (Fsp3) is 0.647. The number of hydrogen-bond acceptors (Lipinski definition) is 5. The van der Waals surface area contributed by atoms with Crippen LogP contribution >= 0.6 is 0 Å². The second kappa shape index (κ2) is 12.5. The topological polar surface area (TPSA) is 80.8 Å². The fourth-order valence-corrected chi connectivity index (χ4v) is 9.24. The molecule has 1 aromatic rings. The van der Waals surface area contributed by atoms with Crippen LogP contribution in [0, 0.1) is 17.3 Å². The van der Waals surface area contributed by atoms with E-state index < -0.39 is 10.0 Å². The van der Waals surface area contributed by atoms with E-state index in [1.165, 1.54) is 26.6 Å². The highest BCUT2D eigenvalue weighted by molar-refractivity contribution is 7.89. The molecular formula is C34H47NO5S. The second-order valence-electron chi connectivity index (χ2n) is 12.9. The van der Waals surface area contributed by atoms with E-state index in [0.717, 1.165) is 63.5 Å². The van der Waals surface area contributed by atoms with E-state index in [-0.39, 0.29) is 22.9 Å². The maximum atomic E-state index is 13.2. The van der Waals surface area contributed by atoms with Gasteiger partial charge in [-0.3, -0.25) is 9.59 Å². The molecule has 4 atom stereocenters. The van der Waals surface area contributed by atoms with Crippen molar-refractivity contribution in [1.82, 2.24) is 4.31 Å². The van der Waals surface area contributed by atoms with Crippen LogP contribution in [-0.2, 0) is 19.6 Å². The summed E-state index contributed by atoms with van der Waals surface area (Å²) in [6, 6.07) is 8.41. The van der Waals surface area contributed by atoms with Gasteiger partial charge in [-0.05, 0) is 105 Å². The molecule has 2 saturated carbocycles. The van der Waals surface area contributed by atoms with Gasteiger partial charge in [0, 0.05) is 37.8 Å². The molecule has 0 heterocycles. The van der Waals surface area contributed by atoms with Gasteiger partial charge < -0.3 is 4.74 Å². The number of nitrogens with zero attached hydrogens (tertiary/aromatic N) is 1. The molecule has 0 aliphatic heterocycles. The number of fused-ring (bicyclic) bond motifs is 4. The first-order chi connectivity index (χ1) is 19.6. The minimum atomic E-state index is -3.17. The minimum absolute atomic E-state index is 0.190. The number of allylic oxidation sites excluding steroid dienone is 4. The number of ether oxygens (including phenoxy) is 1. The van der Waals surface area contributed by atoms with Gasteiger partial charge in [-0.2, -0.15) is 0 Å². The highest BCUT2D eigenvalue weighted by Crippen LogP contribution is 2.62. The first-order valence-corrected chi connectivity index (χ1v) is 17.4. The number of Topliss-reactive ketones (excluding diaryl/α,β-unsaturated/α-hetero) is 1. The molecule has 6 nitrogen and oxygen atoms in total. The molecule has 0 saturated heterocycles. The Labute approximate surface area is 246 Å². The van der Waals surface area contributed by atoms with Crippen LogP contribution in [0.5, 0.6) is 5.75 Å². The molecule has 224 valence electrons. The maximum absolute atomic E-state index is 13.2. The summed E-state index contributed by atoms with van der Waals surface area (Å²) in [7, 11) is -1.50. The number of ketones is 2. The van der Waals surface area contributed by atoms with Gasteiger partial charge in [0.25, 0.3) is 0 Å². The molecule has 5 rings (SSSR count). The van der Waals surface area contributed by atoms with Gasteiger partial charge in [0.2, 0.25) is 10.0 Å². The second-order valence-corrected chi connectivity index (χ2v) is 15.1. The van der Waals surface area contributed by atoms with Crippen molar-refractivity contribution < 1.29 is 22.7 Å². The van der Waals surface area contributed by atoms with Gasteiger partial charge >= 0.3 is 0 Å². The summed E-state index contributed by atoms with van der Waals surface area (Å²) < 4.78 is 32.3. The van der Waals surface area contributed by atoms with Crippen molar-refractivity contribution in [3.05, 3.63) is 52.6 Å². The lowest BCUT2D eigenvalue weighted by molar-refractivity contribution is -0.128. The summed E-state index contributed by atoms with van der Waals surface area (Å²) in [5.41, 5.74) is 5.13. The molecule has 0 N–H and O–H groups in total. The van der Waals surface area contributed by atoms with E-state index in [2.05, 4.69) is 26.0 Å². The Kier molecular flexibility index (Phi) is 9.25. The van der Waals surface area contributed by atoms with Crippen molar-refractivity contribution in [1.29, 1.82) is 0 Å². The Bertz CT molecular complexity index is 1310. The van der Waals surface area contributed by atoms with Crippen LogP contribution in [0.1, 0.15) is 102 Å². The highest BCUT2D eigenvalue weighted by atomic mass is 32.2. The normalized spacial score (nSPS) is 27.9. The van der Waals surface area contributed by atoms with Crippen LogP contribution in [0.2, 0.25) is 0 Å². The smallest absolute Gasteiger partial charge is 0.213 e. The zero-order valence-electron chi connectivity index (χ0n) is 25.1. The predicted molar refractivity (Wildman–Crippen MR) is 162 cm³/mol. The molecule has 0 aromatic heterocycles. The van der Waals surface area contributed by atoms with Gasteiger partial charge in [0.05, 0.1) is 12.4 Å². The molecule has 2 fully saturated rings. The first-order valence-electron chi connectivity index (χ1n) is 15.8. The molecule has 7 heteroatoms. The Morgan fingerprint density at radius 1 is 0.976 bits per heavy atom. The number of sulfonamides is 1. The number of carbonyl (C=O) groups is 2. The third-order valence-electron chi connectivity index (χ3n) is 10.3. The van der Waals surface area contributed by atoms with Crippen LogP contribution in [-0.4, -0.2) is 50.2 Å². The average Bonchev–Trinajstić information content (AvgIpc) is 3.26. The summed E-state index contributed by atoms with van der Waals surface area (Å²) in [5, 5.41) is 0. The van der Waals surface area contributed by atoms with E-state index in [9.17, 15) is 18.0 Å². The lowest BCUT2D eigenvalue weighted by Crippen LogP contribution is -2.43. The third kappa shape index (κ3) is 6.27. The van der Waals surface area contributed by atoms with Crippen molar-refractivity contribution in [2.45, 2.75) is 96.8 Å². The average molecular weight is 582 g/mol. The maximum Gasteiger partial charge on any atom is 0.213 e. The van der Waals surface area contributed by atoms with Gasteiger partial charge in [0.1, 0.15) is 11.5 Å². The number of hydrogen-bond donors (Lipinski definition) is 0. The van der Waals surface area contributed by atoms with Gasteiger partial charge in [-0.15, -0.1) is 0 Å². The zero-order chi connectivity index (χ0) is 29.2. The van der Waals surface area contributed by atoms with Crippen molar-refractivity contribution in [2.24, 2.45) is 17.3 Å². The van der Waals surface area contributed by atoms with Crippen LogP contribution in [0.15, 0.2) is 47.1 Å². The molecule has 4 aliphatic rings. The molecule has 0 bridgehead atoms. The van der Waals surface area contributed by atoms with Gasteiger partial charge in [-0.25, -0.2) is 12.7 Å². The van der Waals surface area contributed by atoms with E-state index in [1.54, 1.807) is 7.05 Å². The molecular weight excluding hydrogens is 534 g/mol. The van der Waals surface area contributed by atoms with Crippen molar-refractivity contribution in [2.75, 3.05) is 26.0 Å². The van der Waals surface area contributed by atoms with Crippen LogP contribution < -0.4 is 4.74 Å². The van der Waals surface area contributed by atoms with Crippen molar-refractivity contribution in [3.8, 4) is 5.75 Å².